The van der Waals surface area contributed by atoms with E-state index in [-0.39, 0.29) is 0 Å². The van der Waals surface area contributed by atoms with Gasteiger partial charge in [0.05, 0.1) is 13.2 Å². The first-order valence-electron chi connectivity index (χ1n) is 6.06. The molecule has 0 spiro atoms. The fourth-order valence-corrected chi connectivity index (χ4v) is 1.60. The van der Waals surface area contributed by atoms with Crippen LogP contribution < -0.4 is 10.6 Å². The van der Waals surface area contributed by atoms with Crippen LogP contribution in [0.2, 0.25) is 0 Å². The Morgan fingerprint density at radius 2 is 1.68 bits per heavy atom. The third-order valence-corrected chi connectivity index (χ3v) is 2.51. The molecule has 0 unspecified atom stereocenters. The first kappa shape index (κ1) is 15.6. The summed E-state index contributed by atoms with van der Waals surface area (Å²) in [6, 6.07) is 1.74. The zero-order valence-electron chi connectivity index (χ0n) is 11.8. The molecule has 0 fully saturated rings. The van der Waals surface area contributed by atoms with Crippen molar-refractivity contribution in [1.82, 2.24) is 9.97 Å². The molecule has 2 N–H and O–H groups in total. The van der Waals surface area contributed by atoms with E-state index in [0.29, 0.717) is 44.6 Å². The normalized spacial score (nSPS) is 10.7. The molecule has 0 bridgehead atoms. The third-order valence-electron chi connectivity index (χ3n) is 2.51. The van der Waals surface area contributed by atoms with Crippen LogP contribution >= 0.6 is 0 Å². The molecule has 7 heteroatoms. The van der Waals surface area contributed by atoms with E-state index >= 15 is 0 Å². The van der Waals surface area contributed by atoms with Gasteiger partial charge in [0, 0.05) is 40.5 Å². The molecule has 19 heavy (non-hydrogen) atoms. The lowest BCUT2D eigenvalue weighted by molar-refractivity contribution is 0.177. The Bertz CT molecular complexity index is 368. The molecule has 1 aromatic rings. The molecule has 0 aliphatic rings. The predicted molar refractivity (Wildman–Crippen MR) is 73.1 cm³/mol. The zero-order valence-corrected chi connectivity index (χ0v) is 11.8. The summed E-state index contributed by atoms with van der Waals surface area (Å²) in [7, 11) is 4.93. The predicted octanol–water partition coefficient (Wildman–Crippen LogP) is 0.304. The number of methoxy groups -OCH3 is 3. The number of hydrogen-bond donors (Lipinski definition) is 1. The summed E-state index contributed by atoms with van der Waals surface area (Å²) >= 11 is 0. The summed E-state index contributed by atoms with van der Waals surface area (Å²) in [5.74, 6) is 1.75. The SMILES string of the molecule is COCCN(CCOC)c1cc(N)nc(COC)n1. The third kappa shape index (κ3) is 5.37. The van der Waals surface area contributed by atoms with E-state index in [2.05, 4.69) is 9.97 Å². The molecule has 1 rings (SSSR count). The minimum absolute atomic E-state index is 0.334. The van der Waals surface area contributed by atoms with E-state index in [1.807, 2.05) is 4.90 Å². The number of ether oxygens (including phenoxy) is 3. The fourth-order valence-electron chi connectivity index (χ4n) is 1.60. The van der Waals surface area contributed by atoms with Crippen molar-refractivity contribution in [1.29, 1.82) is 0 Å². The van der Waals surface area contributed by atoms with Gasteiger partial charge in [-0.1, -0.05) is 0 Å². The number of hydrogen-bond acceptors (Lipinski definition) is 7. The molecule has 0 aliphatic heterocycles. The Hall–Kier alpha value is -1.44. The molecule has 0 radical (unpaired) electrons. The molecule has 0 atom stereocenters. The Kier molecular flexibility index (Phi) is 7.09. The first-order valence-corrected chi connectivity index (χ1v) is 6.06. The molecular weight excluding hydrogens is 248 g/mol. The molecule has 0 saturated carbocycles. The highest BCUT2D eigenvalue weighted by molar-refractivity contribution is 5.47. The maximum atomic E-state index is 5.79. The lowest BCUT2D eigenvalue weighted by atomic mass is 10.4. The van der Waals surface area contributed by atoms with Crippen molar-refractivity contribution in [2.24, 2.45) is 0 Å². The van der Waals surface area contributed by atoms with Gasteiger partial charge >= 0.3 is 0 Å². The van der Waals surface area contributed by atoms with Crippen LogP contribution in [0.3, 0.4) is 0 Å². The van der Waals surface area contributed by atoms with Gasteiger partial charge in [0.1, 0.15) is 18.2 Å². The van der Waals surface area contributed by atoms with Crippen LogP contribution in [-0.4, -0.2) is 57.6 Å². The van der Waals surface area contributed by atoms with Gasteiger partial charge in [-0.15, -0.1) is 0 Å². The summed E-state index contributed by atoms with van der Waals surface area (Å²) in [5.41, 5.74) is 5.79. The number of nitrogens with zero attached hydrogens (tertiary/aromatic N) is 3. The average molecular weight is 270 g/mol. The van der Waals surface area contributed by atoms with Gasteiger partial charge in [-0.25, -0.2) is 9.97 Å². The number of rotatable bonds is 9. The van der Waals surface area contributed by atoms with Crippen molar-refractivity contribution in [2.45, 2.75) is 6.61 Å². The van der Waals surface area contributed by atoms with Crippen molar-refractivity contribution >= 4 is 11.6 Å². The molecule has 0 aromatic carbocycles. The van der Waals surface area contributed by atoms with Gasteiger partial charge in [0.15, 0.2) is 5.82 Å². The topological polar surface area (TPSA) is 82.7 Å². The van der Waals surface area contributed by atoms with Gasteiger partial charge in [0.25, 0.3) is 0 Å². The van der Waals surface area contributed by atoms with Gasteiger partial charge in [-0.05, 0) is 0 Å². The molecule has 108 valence electrons. The Labute approximate surface area is 113 Å². The van der Waals surface area contributed by atoms with Crippen molar-refractivity contribution < 1.29 is 14.2 Å². The summed E-state index contributed by atoms with van der Waals surface area (Å²) in [5, 5.41) is 0. The molecular formula is C12H22N4O3. The van der Waals surface area contributed by atoms with Crippen molar-refractivity contribution in [3.05, 3.63) is 11.9 Å². The van der Waals surface area contributed by atoms with Gasteiger partial charge in [-0.2, -0.15) is 0 Å². The van der Waals surface area contributed by atoms with Crippen LogP contribution in [0.5, 0.6) is 0 Å². The van der Waals surface area contributed by atoms with Crippen molar-refractivity contribution in [2.75, 3.05) is 58.3 Å². The summed E-state index contributed by atoms with van der Waals surface area (Å²) in [4.78, 5) is 10.6. The number of aromatic nitrogens is 2. The Morgan fingerprint density at radius 3 is 2.21 bits per heavy atom. The van der Waals surface area contributed by atoms with Crippen molar-refractivity contribution in [3.8, 4) is 0 Å². The molecule has 1 aromatic heterocycles. The second-order valence-corrected chi connectivity index (χ2v) is 3.97. The molecule has 7 nitrogen and oxygen atoms in total. The Morgan fingerprint density at radius 1 is 1.05 bits per heavy atom. The minimum Gasteiger partial charge on any atom is -0.384 e. The molecule has 0 saturated heterocycles. The summed E-state index contributed by atoms with van der Waals surface area (Å²) in [6.07, 6.45) is 0. The number of nitrogen functional groups attached to an aromatic ring is 1. The van der Waals surface area contributed by atoms with E-state index in [0.717, 1.165) is 5.82 Å². The van der Waals surface area contributed by atoms with Gasteiger partial charge in [-0.3, -0.25) is 0 Å². The van der Waals surface area contributed by atoms with Gasteiger partial charge < -0.3 is 24.8 Å². The maximum absolute atomic E-state index is 5.79. The standard InChI is InChI=1S/C12H22N4O3/c1-17-6-4-16(5-7-18-2)12-8-10(13)14-11(15-12)9-19-3/h8H,4-7,9H2,1-3H3,(H2,13,14,15). The summed E-state index contributed by atoms with van der Waals surface area (Å²) in [6.45, 7) is 2.96. The average Bonchev–Trinajstić information content (AvgIpc) is 2.38. The second-order valence-electron chi connectivity index (χ2n) is 3.97. The Balaban J connectivity index is 2.85. The largest absolute Gasteiger partial charge is 0.384 e. The van der Waals surface area contributed by atoms with Crippen molar-refractivity contribution in [3.63, 3.8) is 0 Å². The minimum atomic E-state index is 0.334. The van der Waals surface area contributed by atoms with E-state index < -0.39 is 0 Å². The summed E-state index contributed by atoms with van der Waals surface area (Å²) < 4.78 is 15.2. The molecule has 1 heterocycles. The van der Waals surface area contributed by atoms with E-state index in [1.165, 1.54) is 0 Å². The van der Waals surface area contributed by atoms with E-state index in [1.54, 1.807) is 27.4 Å². The highest BCUT2D eigenvalue weighted by atomic mass is 16.5. The smallest absolute Gasteiger partial charge is 0.158 e. The highest BCUT2D eigenvalue weighted by Crippen LogP contribution is 2.14. The first-order chi connectivity index (χ1) is 9.21. The van der Waals surface area contributed by atoms with Crippen LogP contribution in [0.4, 0.5) is 11.6 Å². The lowest BCUT2D eigenvalue weighted by Crippen LogP contribution is -2.31. The fraction of sp³-hybridized carbons (Fsp3) is 0.667. The number of nitrogens with two attached hydrogens (primary N) is 1. The van der Waals surface area contributed by atoms with E-state index in [4.69, 9.17) is 19.9 Å². The van der Waals surface area contributed by atoms with Crippen LogP contribution in [0.1, 0.15) is 5.82 Å². The van der Waals surface area contributed by atoms with Crippen LogP contribution in [-0.2, 0) is 20.8 Å². The van der Waals surface area contributed by atoms with E-state index in [9.17, 15) is 0 Å². The maximum Gasteiger partial charge on any atom is 0.158 e. The highest BCUT2D eigenvalue weighted by Gasteiger charge is 2.10. The second kappa shape index (κ2) is 8.63. The molecule has 0 aliphatic carbocycles. The zero-order chi connectivity index (χ0) is 14.1. The number of anilines is 2. The monoisotopic (exact) mass is 270 g/mol. The van der Waals surface area contributed by atoms with Gasteiger partial charge in [0.2, 0.25) is 0 Å². The van der Waals surface area contributed by atoms with Crippen LogP contribution in [0.25, 0.3) is 0 Å². The lowest BCUT2D eigenvalue weighted by Gasteiger charge is -2.23. The quantitative estimate of drug-likeness (QED) is 0.691. The van der Waals surface area contributed by atoms with Crippen LogP contribution in [0.15, 0.2) is 6.07 Å². The van der Waals surface area contributed by atoms with Crippen LogP contribution in [0, 0.1) is 0 Å². The molecule has 0 amide bonds.